The molecule has 0 amide bonds. The van der Waals surface area contributed by atoms with Gasteiger partial charge in [-0.15, -0.1) is 5.10 Å². The number of methoxy groups -OCH3 is 1. The first-order valence-corrected chi connectivity index (χ1v) is 4.75. The van der Waals surface area contributed by atoms with Gasteiger partial charge < -0.3 is 4.74 Å². The second kappa shape index (κ2) is 4.97. The van der Waals surface area contributed by atoms with E-state index < -0.39 is 0 Å². The summed E-state index contributed by atoms with van der Waals surface area (Å²) in [5.41, 5.74) is 1.31. The maximum Gasteiger partial charge on any atom is 0.337 e. The maximum atomic E-state index is 11.2. The molecule has 0 atom stereocenters. The number of benzene rings is 1. The zero-order valence-corrected chi connectivity index (χ0v) is 8.99. The van der Waals surface area contributed by atoms with E-state index >= 15 is 0 Å². The average molecular weight is 231 g/mol. The maximum absolute atomic E-state index is 11.2. The highest BCUT2D eigenvalue weighted by Gasteiger charge is 2.03. The van der Waals surface area contributed by atoms with E-state index in [2.05, 4.69) is 30.4 Å². The Labute approximate surface area is 96.5 Å². The largest absolute Gasteiger partial charge is 0.465 e. The van der Waals surface area contributed by atoms with Gasteiger partial charge in [-0.05, 0) is 22.9 Å². The van der Waals surface area contributed by atoms with Crippen molar-refractivity contribution in [1.29, 1.82) is 0 Å². The zero-order valence-electron chi connectivity index (χ0n) is 8.99. The van der Waals surface area contributed by atoms with Gasteiger partial charge in [-0.2, -0.15) is 5.21 Å². The predicted molar refractivity (Wildman–Crippen MR) is 59.2 cm³/mol. The van der Waals surface area contributed by atoms with E-state index in [0.29, 0.717) is 5.56 Å². The monoisotopic (exact) mass is 231 g/mol. The Morgan fingerprint density at radius 3 is 2.76 bits per heavy atom. The molecule has 0 saturated heterocycles. The highest BCUT2D eigenvalue weighted by molar-refractivity contribution is 5.90. The Morgan fingerprint density at radius 1 is 1.41 bits per heavy atom. The van der Waals surface area contributed by atoms with Crippen molar-refractivity contribution in [2.75, 3.05) is 7.11 Å². The van der Waals surface area contributed by atoms with E-state index in [4.69, 9.17) is 0 Å². The van der Waals surface area contributed by atoms with Crippen molar-refractivity contribution in [3.05, 3.63) is 35.4 Å². The molecule has 0 saturated carbocycles. The fourth-order valence-electron chi connectivity index (χ4n) is 1.17. The van der Waals surface area contributed by atoms with E-state index in [1.165, 1.54) is 7.11 Å². The Hall–Kier alpha value is -2.57. The lowest BCUT2D eigenvalue weighted by Gasteiger charge is -1.98. The predicted octanol–water partition coefficient (Wildman–Crippen LogP) is 0.737. The molecule has 0 fully saturated rings. The van der Waals surface area contributed by atoms with Gasteiger partial charge in [-0.1, -0.05) is 17.2 Å². The number of H-pyrrole nitrogens is 1. The summed E-state index contributed by atoms with van der Waals surface area (Å²) in [7, 11) is 1.34. The molecule has 86 valence electrons. The van der Waals surface area contributed by atoms with Gasteiger partial charge in [0.15, 0.2) is 0 Å². The van der Waals surface area contributed by atoms with Crippen molar-refractivity contribution in [2.24, 2.45) is 4.99 Å². The van der Waals surface area contributed by atoms with Crippen molar-refractivity contribution in [3.63, 3.8) is 0 Å². The van der Waals surface area contributed by atoms with E-state index in [-0.39, 0.29) is 11.9 Å². The van der Waals surface area contributed by atoms with Gasteiger partial charge >= 0.3 is 5.97 Å². The van der Waals surface area contributed by atoms with Crippen LogP contribution >= 0.6 is 0 Å². The van der Waals surface area contributed by atoms with Crippen LogP contribution in [0.15, 0.2) is 29.3 Å². The summed E-state index contributed by atoms with van der Waals surface area (Å²) in [6, 6.07) is 6.80. The lowest BCUT2D eigenvalue weighted by atomic mass is 10.1. The number of aliphatic imine (C=N–C) groups is 1. The first-order valence-electron chi connectivity index (χ1n) is 4.75. The van der Waals surface area contributed by atoms with Crippen LogP contribution in [0.5, 0.6) is 0 Å². The van der Waals surface area contributed by atoms with Crippen LogP contribution in [0.1, 0.15) is 15.9 Å². The SMILES string of the molecule is COC(=O)c1ccc(/C=N/c2nn[nH]n2)cc1. The Bertz CT molecular complexity index is 518. The van der Waals surface area contributed by atoms with Gasteiger partial charge in [-0.25, -0.2) is 9.79 Å². The van der Waals surface area contributed by atoms with Gasteiger partial charge in [-0.3, -0.25) is 0 Å². The summed E-state index contributed by atoms with van der Waals surface area (Å²) in [5.74, 6) is -0.117. The molecule has 1 N–H and O–H groups in total. The Morgan fingerprint density at radius 2 is 2.18 bits per heavy atom. The van der Waals surface area contributed by atoms with E-state index in [1.54, 1.807) is 30.5 Å². The second-order valence-corrected chi connectivity index (χ2v) is 3.08. The zero-order chi connectivity index (χ0) is 12.1. The fourth-order valence-corrected chi connectivity index (χ4v) is 1.17. The highest BCUT2D eigenvalue weighted by atomic mass is 16.5. The molecule has 0 aliphatic heterocycles. The number of hydrogen-bond acceptors (Lipinski definition) is 6. The number of hydrogen-bond donors (Lipinski definition) is 1. The third-order valence-electron chi connectivity index (χ3n) is 2.00. The number of carbonyl (C=O) groups is 1. The first kappa shape index (κ1) is 10.9. The molecule has 1 aromatic heterocycles. The first-order chi connectivity index (χ1) is 8.29. The molecule has 17 heavy (non-hydrogen) atoms. The van der Waals surface area contributed by atoms with E-state index in [1.807, 2.05) is 0 Å². The van der Waals surface area contributed by atoms with Gasteiger partial charge in [0, 0.05) is 6.21 Å². The van der Waals surface area contributed by atoms with Crippen molar-refractivity contribution in [1.82, 2.24) is 20.6 Å². The topological polar surface area (TPSA) is 93.1 Å². The lowest BCUT2D eigenvalue weighted by Crippen LogP contribution is -2.00. The van der Waals surface area contributed by atoms with Crippen LogP contribution in [0.4, 0.5) is 5.95 Å². The molecule has 1 heterocycles. The summed E-state index contributed by atoms with van der Waals surface area (Å²) >= 11 is 0. The molecular weight excluding hydrogens is 222 g/mol. The van der Waals surface area contributed by atoms with Crippen molar-refractivity contribution >= 4 is 18.1 Å². The van der Waals surface area contributed by atoms with Crippen LogP contribution in [0, 0.1) is 0 Å². The normalized spacial score (nSPS) is 10.6. The minimum Gasteiger partial charge on any atom is -0.465 e. The highest BCUT2D eigenvalue weighted by Crippen LogP contribution is 2.05. The standard InChI is InChI=1S/C10H9N5O2/c1-17-9(16)8-4-2-7(3-5-8)6-11-10-12-14-15-13-10/h2-6H,1H3,(H,12,13,14,15)/b11-6+. The molecule has 1 aromatic carbocycles. The molecule has 0 radical (unpaired) electrons. The molecule has 7 heteroatoms. The molecule has 0 aliphatic carbocycles. The molecular formula is C10H9N5O2. The number of carbonyl (C=O) groups excluding carboxylic acids is 1. The van der Waals surface area contributed by atoms with Crippen molar-refractivity contribution in [3.8, 4) is 0 Å². The third kappa shape index (κ3) is 2.71. The van der Waals surface area contributed by atoms with E-state index in [9.17, 15) is 4.79 Å². The van der Waals surface area contributed by atoms with Gasteiger partial charge in [0.05, 0.1) is 12.7 Å². The van der Waals surface area contributed by atoms with Crippen LogP contribution in [0.25, 0.3) is 0 Å². The van der Waals surface area contributed by atoms with E-state index in [0.717, 1.165) is 5.56 Å². The third-order valence-corrected chi connectivity index (χ3v) is 2.00. The molecule has 0 bridgehead atoms. The summed E-state index contributed by atoms with van der Waals surface area (Å²) < 4.78 is 4.59. The Balaban J connectivity index is 2.11. The molecule has 0 unspecified atom stereocenters. The van der Waals surface area contributed by atoms with Crippen molar-refractivity contribution in [2.45, 2.75) is 0 Å². The number of tetrazole rings is 1. The number of nitrogens with one attached hydrogen (secondary N) is 1. The number of aromatic amines is 1. The summed E-state index contributed by atoms with van der Waals surface area (Å²) in [5, 5.41) is 13.0. The molecule has 7 nitrogen and oxygen atoms in total. The molecule has 0 spiro atoms. The van der Waals surface area contributed by atoms with Crippen LogP contribution in [0.3, 0.4) is 0 Å². The number of aromatic nitrogens is 4. The number of ether oxygens (including phenoxy) is 1. The summed E-state index contributed by atoms with van der Waals surface area (Å²) in [4.78, 5) is 15.2. The summed E-state index contributed by atoms with van der Waals surface area (Å²) in [6.45, 7) is 0. The van der Waals surface area contributed by atoms with Crippen molar-refractivity contribution < 1.29 is 9.53 Å². The van der Waals surface area contributed by atoms with Gasteiger partial charge in [0.2, 0.25) is 0 Å². The van der Waals surface area contributed by atoms with Gasteiger partial charge in [0.1, 0.15) is 0 Å². The van der Waals surface area contributed by atoms with Crippen LogP contribution in [0.2, 0.25) is 0 Å². The number of rotatable bonds is 3. The van der Waals surface area contributed by atoms with Gasteiger partial charge in [0.25, 0.3) is 5.95 Å². The molecule has 0 aliphatic rings. The quantitative estimate of drug-likeness (QED) is 0.621. The molecule has 2 rings (SSSR count). The number of nitrogens with zero attached hydrogens (tertiary/aromatic N) is 4. The second-order valence-electron chi connectivity index (χ2n) is 3.08. The lowest BCUT2D eigenvalue weighted by molar-refractivity contribution is 0.0601. The summed E-state index contributed by atoms with van der Waals surface area (Å²) in [6.07, 6.45) is 1.58. The Kier molecular flexibility index (Phi) is 3.20. The molecule has 2 aromatic rings. The fraction of sp³-hybridized carbons (Fsp3) is 0.100. The number of esters is 1. The average Bonchev–Trinajstić information content (AvgIpc) is 2.89. The minimum absolute atomic E-state index is 0.252. The van der Waals surface area contributed by atoms with Crippen LogP contribution in [-0.2, 0) is 4.74 Å². The minimum atomic E-state index is -0.369. The van der Waals surface area contributed by atoms with Crippen LogP contribution < -0.4 is 0 Å². The smallest absolute Gasteiger partial charge is 0.337 e. The van der Waals surface area contributed by atoms with Crippen LogP contribution in [-0.4, -0.2) is 39.9 Å².